The zero-order chi connectivity index (χ0) is 23.5. The third kappa shape index (κ3) is 5.19. The van der Waals surface area contributed by atoms with Crippen LogP contribution in [-0.4, -0.2) is 19.8 Å². The van der Waals surface area contributed by atoms with Crippen molar-refractivity contribution < 1.29 is 27.0 Å². The molecule has 2 nitrogen and oxygen atoms in total. The smallest absolute Gasteiger partial charge is 0.190 e. The number of hydrogen-bond donors (Lipinski definition) is 0. The van der Waals surface area contributed by atoms with Crippen LogP contribution in [0.15, 0.2) is 24.3 Å². The van der Waals surface area contributed by atoms with E-state index in [2.05, 4.69) is 16.6 Å². The van der Waals surface area contributed by atoms with Crippen molar-refractivity contribution in [2.24, 2.45) is 11.8 Å². The minimum absolute atomic E-state index is 0.0327. The quantitative estimate of drug-likeness (QED) is 0.372. The van der Waals surface area contributed by atoms with Crippen LogP contribution in [0.5, 0.6) is 5.75 Å². The number of fused-ring (bicyclic) bond motifs is 1. The molecule has 0 radical (unpaired) electrons. The molecular formula is C27H28F4O2. The van der Waals surface area contributed by atoms with Crippen molar-refractivity contribution in [3.05, 3.63) is 64.2 Å². The Morgan fingerprint density at radius 1 is 0.818 bits per heavy atom. The Morgan fingerprint density at radius 2 is 1.45 bits per heavy atom. The zero-order valence-electron chi connectivity index (χ0n) is 18.9. The molecule has 0 heterocycles. The van der Waals surface area contributed by atoms with Crippen LogP contribution in [0.2, 0.25) is 0 Å². The van der Waals surface area contributed by atoms with Gasteiger partial charge < -0.3 is 9.47 Å². The predicted molar refractivity (Wildman–Crippen MR) is 118 cm³/mol. The molecule has 0 bridgehead atoms. The first-order chi connectivity index (χ1) is 15.9. The summed E-state index contributed by atoms with van der Waals surface area (Å²) < 4.78 is 67.7. The molecule has 0 aromatic heterocycles. The van der Waals surface area contributed by atoms with Gasteiger partial charge in [0.25, 0.3) is 0 Å². The molecular weight excluding hydrogens is 432 g/mol. The fourth-order valence-electron chi connectivity index (χ4n) is 5.45. The van der Waals surface area contributed by atoms with Crippen LogP contribution in [-0.2, 0) is 4.74 Å². The summed E-state index contributed by atoms with van der Waals surface area (Å²) in [5.74, 6) is 2.25. The minimum atomic E-state index is -0.927. The van der Waals surface area contributed by atoms with Gasteiger partial charge in [-0.05, 0) is 93.0 Å². The largest absolute Gasteiger partial charge is 0.491 e. The van der Waals surface area contributed by atoms with Gasteiger partial charge in [-0.3, -0.25) is 0 Å². The number of benzene rings is 2. The molecule has 4 rings (SSSR count). The summed E-state index contributed by atoms with van der Waals surface area (Å²) in [6, 6.07) is 4.66. The molecule has 2 aromatic rings. The zero-order valence-corrected chi connectivity index (χ0v) is 18.9. The summed E-state index contributed by atoms with van der Waals surface area (Å²) >= 11 is 0. The molecule has 2 saturated carbocycles. The van der Waals surface area contributed by atoms with Crippen molar-refractivity contribution in [1.29, 1.82) is 0 Å². The fraction of sp³-hybridized carbons (Fsp3) is 0.481. The van der Waals surface area contributed by atoms with E-state index in [4.69, 9.17) is 4.74 Å². The van der Waals surface area contributed by atoms with Crippen LogP contribution < -0.4 is 4.74 Å². The Bertz CT molecular complexity index is 1030. The lowest BCUT2D eigenvalue weighted by atomic mass is 9.65. The highest BCUT2D eigenvalue weighted by Crippen LogP contribution is 2.47. The van der Waals surface area contributed by atoms with Gasteiger partial charge in [0.05, 0.1) is 18.8 Å². The predicted octanol–water partition coefficient (Wildman–Crippen LogP) is 6.74. The van der Waals surface area contributed by atoms with E-state index in [9.17, 15) is 17.6 Å². The summed E-state index contributed by atoms with van der Waals surface area (Å²) in [4.78, 5) is 0. The molecule has 6 heteroatoms. The Morgan fingerprint density at radius 3 is 2.09 bits per heavy atom. The number of halogens is 4. The second kappa shape index (κ2) is 10.2. The van der Waals surface area contributed by atoms with Gasteiger partial charge in [-0.15, -0.1) is 0 Å². The van der Waals surface area contributed by atoms with Crippen LogP contribution in [0.4, 0.5) is 17.6 Å². The summed E-state index contributed by atoms with van der Waals surface area (Å²) in [7, 11) is 1.15. The van der Waals surface area contributed by atoms with Gasteiger partial charge in [0.2, 0.25) is 0 Å². The molecule has 176 valence electrons. The van der Waals surface area contributed by atoms with E-state index < -0.39 is 34.6 Å². The van der Waals surface area contributed by atoms with Crippen LogP contribution in [0.1, 0.15) is 68.1 Å². The SMILES string of the molecule is CCOC1CCC2CC(c3cc(F)c(C#Cc4cc(F)c(OC)c(F)c4)c(F)c3)CCC2C1. The highest BCUT2D eigenvalue weighted by molar-refractivity contribution is 5.47. The van der Waals surface area contributed by atoms with Gasteiger partial charge in [-0.2, -0.15) is 0 Å². The molecule has 4 unspecified atom stereocenters. The first-order valence-electron chi connectivity index (χ1n) is 11.5. The number of ether oxygens (including phenoxy) is 2. The Hall–Kier alpha value is -2.52. The van der Waals surface area contributed by atoms with Crippen molar-refractivity contribution >= 4 is 0 Å². The van der Waals surface area contributed by atoms with E-state index in [1.165, 1.54) is 12.1 Å². The highest BCUT2D eigenvalue weighted by atomic mass is 19.1. The summed E-state index contributed by atoms with van der Waals surface area (Å²) in [6.07, 6.45) is 6.42. The molecule has 4 atom stereocenters. The van der Waals surface area contributed by atoms with E-state index >= 15 is 0 Å². The molecule has 0 spiro atoms. The monoisotopic (exact) mass is 460 g/mol. The average Bonchev–Trinajstić information content (AvgIpc) is 2.78. The summed E-state index contributed by atoms with van der Waals surface area (Å²) in [5, 5.41) is 0. The Labute approximate surface area is 192 Å². The van der Waals surface area contributed by atoms with Gasteiger partial charge >= 0.3 is 0 Å². The van der Waals surface area contributed by atoms with E-state index in [0.29, 0.717) is 23.5 Å². The molecule has 2 aromatic carbocycles. The van der Waals surface area contributed by atoms with Gasteiger partial charge in [0, 0.05) is 12.2 Å². The van der Waals surface area contributed by atoms with Gasteiger partial charge in [0.15, 0.2) is 17.4 Å². The summed E-state index contributed by atoms with van der Waals surface area (Å²) in [6.45, 7) is 2.76. The molecule has 0 amide bonds. The maximum absolute atomic E-state index is 14.8. The molecule has 2 aliphatic carbocycles. The van der Waals surface area contributed by atoms with E-state index in [1.54, 1.807) is 0 Å². The van der Waals surface area contributed by atoms with Crippen molar-refractivity contribution in [3.8, 4) is 17.6 Å². The number of hydrogen-bond acceptors (Lipinski definition) is 2. The molecule has 0 saturated heterocycles. The second-order valence-corrected chi connectivity index (χ2v) is 9.00. The third-order valence-electron chi connectivity index (χ3n) is 7.04. The Kier molecular flexibility index (Phi) is 7.29. The normalized spacial score (nSPS) is 24.5. The topological polar surface area (TPSA) is 18.5 Å². The first kappa shape index (κ1) is 23.6. The first-order valence-corrected chi connectivity index (χ1v) is 11.5. The second-order valence-electron chi connectivity index (χ2n) is 9.00. The molecule has 0 N–H and O–H groups in total. The minimum Gasteiger partial charge on any atom is -0.491 e. The maximum Gasteiger partial charge on any atom is 0.190 e. The fourth-order valence-corrected chi connectivity index (χ4v) is 5.45. The third-order valence-corrected chi connectivity index (χ3v) is 7.04. The van der Waals surface area contributed by atoms with Crippen LogP contribution in [0.3, 0.4) is 0 Å². The van der Waals surface area contributed by atoms with Crippen LogP contribution in [0.25, 0.3) is 0 Å². The maximum atomic E-state index is 14.8. The lowest BCUT2D eigenvalue weighted by molar-refractivity contribution is -0.00957. The summed E-state index contributed by atoms with van der Waals surface area (Å²) in [5.41, 5.74) is 0.221. The molecule has 2 fully saturated rings. The number of rotatable bonds is 4. The van der Waals surface area contributed by atoms with E-state index in [-0.39, 0.29) is 11.5 Å². The van der Waals surface area contributed by atoms with Gasteiger partial charge in [0.1, 0.15) is 11.6 Å². The average molecular weight is 461 g/mol. The lowest BCUT2D eigenvalue weighted by Crippen LogP contribution is -2.33. The Balaban J connectivity index is 1.50. The van der Waals surface area contributed by atoms with Crippen molar-refractivity contribution in [1.82, 2.24) is 0 Å². The van der Waals surface area contributed by atoms with Crippen molar-refractivity contribution in [2.75, 3.05) is 13.7 Å². The molecule has 2 aliphatic rings. The van der Waals surface area contributed by atoms with Crippen molar-refractivity contribution in [3.63, 3.8) is 0 Å². The van der Waals surface area contributed by atoms with E-state index in [0.717, 1.165) is 64.4 Å². The highest BCUT2D eigenvalue weighted by Gasteiger charge is 2.36. The van der Waals surface area contributed by atoms with Crippen molar-refractivity contribution in [2.45, 2.75) is 57.5 Å². The standard InChI is InChI=1S/C27H28F4O2/c1-3-33-21-8-7-17-12-18(5-6-19(17)13-21)20-14-23(28)22(24(29)15-20)9-4-16-10-25(30)27(32-2)26(31)11-16/h10-11,14-15,17-19,21H,3,5-8,12-13H2,1-2H3. The van der Waals surface area contributed by atoms with Crippen LogP contribution in [0, 0.1) is 46.9 Å². The van der Waals surface area contributed by atoms with E-state index in [1.807, 2.05) is 6.92 Å². The number of methoxy groups -OCH3 is 1. The van der Waals surface area contributed by atoms with Gasteiger partial charge in [-0.1, -0.05) is 11.8 Å². The molecule has 0 aliphatic heterocycles. The molecule has 33 heavy (non-hydrogen) atoms. The van der Waals surface area contributed by atoms with Crippen LogP contribution >= 0.6 is 0 Å². The lowest BCUT2D eigenvalue weighted by Gasteiger charge is -2.42. The van der Waals surface area contributed by atoms with Gasteiger partial charge in [-0.25, -0.2) is 17.6 Å².